The molecule has 0 unspecified atom stereocenters. The Morgan fingerprint density at radius 1 is 1.32 bits per heavy atom. The minimum Gasteiger partial charge on any atom is -0.302 e. The molecular formula is C17H19FN2OS. The van der Waals surface area contributed by atoms with Crippen LogP contribution in [0.5, 0.6) is 0 Å². The Hall–Kier alpha value is -1.75. The lowest BCUT2D eigenvalue weighted by molar-refractivity contribution is -0.117. The van der Waals surface area contributed by atoms with E-state index in [0.717, 1.165) is 29.0 Å². The summed E-state index contributed by atoms with van der Waals surface area (Å²) in [5.74, 6) is 0.311. The highest BCUT2D eigenvalue weighted by Crippen LogP contribution is 2.31. The zero-order valence-electron chi connectivity index (χ0n) is 12.6. The van der Waals surface area contributed by atoms with Gasteiger partial charge in [0, 0.05) is 16.9 Å². The van der Waals surface area contributed by atoms with Crippen LogP contribution in [0.15, 0.2) is 24.3 Å². The molecule has 0 radical (unpaired) electrons. The topological polar surface area (TPSA) is 42.0 Å². The summed E-state index contributed by atoms with van der Waals surface area (Å²) in [7, 11) is 0. The number of nitrogens with zero attached hydrogens (tertiary/aromatic N) is 1. The molecule has 1 amide bonds. The van der Waals surface area contributed by atoms with Crippen LogP contribution in [-0.2, 0) is 4.79 Å². The monoisotopic (exact) mass is 318 g/mol. The third-order valence-electron chi connectivity index (χ3n) is 4.11. The third-order valence-corrected chi connectivity index (χ3v) is 5.00. The lowest BCUT2D eigenvalue weighted by Gasteiger charge is -2.07. The zero-order valence-corrected chi connectivity index (χ0v) is 13.4. The first-order valence-electron chi connectivity index (χ1n) is 7.65. The van der Waals surface area contributed by atoms with Gasteiger partial charge in [-0.15, -0.1) is 11.3 Å². The lowest BCUT2D eigenvalue weighted by Crippen LogP contribution is -2.14. The number of halogens is 1. The van der Waals surface area contributed by atoms with Gasteiger partial charge < -0.3 is 5.32 Å². The van der Waals surface area contributed by atoms with Crippen LogP contribution in [0.1, 0.15) is 37.0 Å². The van der Waals surface area contributed by atoms with Crippen LogP contribution in [-0.4, -0.2) is 10.9 Å². The van der Waals surface area contributed by atoms with E-state index in [0.29, 0.717) is 17.5 Å². The standard InChI is InChI=1S/C17H19FN2OS/c1-11-16(13-6-8-14(18)9-7-13)20-17(22-11)19-15(21)10-12-4-2-3-5-12/h6-9,12H,2-5,10H2,1H3,(H,19,20,21). The van der Waals surface area contributed by atoms with E-state index >= 15 is 0 Å². The quantitative estimate of drug-likeness (QED) is 0.881. The number of aryl methyl sites for hydroxylation is 1. The average molecular weight is 318 g/mol. The molecular weight excluding hydrogens is 299 g/mol. The summed E-state index contributed by atoms with van der Waals surface area (Å²) < 4.78 is 13.0. The summed E-state index contributed by atoms with van der Waals surface area (Å²) in [6, 6.07) is 6.27. The van der Waals surface area contributed by atoms with Crippen LogP contribution in [0.3, 0.4) is 0 Å². The van der Waals surface area contributed by atoms with Crippen LogP contribution in [0.25, 0.3) is 11.3 Å². The molecule has 0 saturated heterocycles. The van der Waals surface area contributed by atoms with Gasteiger partial charge in [-0.2, -0.15) is 0 Å². The van der Waals surface area contributed by atoms with Crippen molar-refractivity contribution in [2.24, 2.45) is 5.92 Å². The van der Waals surface area contributed by atoms with E-state index in [1.165, 1.54) is 36.3 Å². The van der Waals surface area contributed by atoms with Crippen LogP contribution >= 0.6 is 11.3 Å². The second-order valence-electron chi connectivity index (χ2n) is 5.83. The second kappa shape index (κ2) is 6.57. The maximum absolute atomic E-state index is 13.0. The number of hydrogen-bond acceptors (Lipinski definition) is 3. The molecule has 22 heavy (non-hydrogen) atoms. The Morgan fingerprint density at radius 2 is 2.00 bits per heavy atom. The van der Waals surface area contributed by atoms with E-state index in [1.54, 1.807) is 12.1 Å². The number of amides is 1. The first kappa shape index (κ1) is 15.2. The Morgan fingerprint density at radius 3 is 2.68 bits per heavy atom. The minimum absolute atomic E-state index is 0.0475. The number of hydrogen-bond donors (Lipinski definition) is 1. The zero-order chi connectivity index (χ0) is 15.5. The second-order valence-corrected chi connectivity index (χ2v) is 7.04. The van der Waals surface area contributed by atoms with Crippen molar-refractivity contribution in [2.75, 3.05) is 5.32 Å². The number of carbonyl (C=O) groups excluding carboxylic acids is 1. The van der Waals surface area contributed by atoms with Crippen molar-refractivity contribution >= 4 is 22.4 Å². The van der Waals surface area contributed by atoms with Gasteiger partial charge in [-0.25, -0.2) is 9.37 Å². The Balaban J connectivity index is 1.69. The maximum Gasteiger partial charge on any atom is 0.226 e. The fraction of sp³-hybridized carbons (Fsp3) is 0.412. The van der Waals surface area contributed by atoms with Gasteiger partial charge in [0.05, 0.1) is 5.69 Å². The highest BCUT2D eigenvalue weighted by molar-refractivity contribution is 7.16. The van der Waals surface area contributed by atoms with Gasteiger partial charge in [0.1, 0.15) is 5.82 Å². The summed E-state index contributed by atoms with van der Waals surface area (Å²) in [5, 5.41) is 3.53. The van der Waals surface area contributed by atoms with Crippen molar-refractivity contribution in [1.29, 1.82) is 0 Å². The van der Waals surface area contributed by atoms with Gasteiger partial charge >= 0.3 is 0 Å². The molecule has 3 nitrogen and oxygen atoms in total. The molecule has 1 aromatic heterocycles. The summed E-state index contributed by atoms with van der Waals surface area (Å²) >= 11 is 1.46. The molecule has 1 saturated carbocycles. The number of anilines is 1. The van der Waals surface area contributed by atoms with E-state index in [-0.39, 0.29) is 11.7 Å². The van der Waals surface area contributed by atoms with Crippen molar-refractivity contribution < 1.29 is 9.18 Å². The Labute approximate surface area is 133 Å². The highest BCUT2D eigenvalue weighted by Gasteiger charge is 2.19. The molecule has 116 valence electrons. The van der Waals surface area contributed by atoms with Gasteiger partial charge in [-0.3, -0.25) is 4.79 Å². The van der Waals surface area contributed by atoms with Crippen LogP contribution in [0, 0.1) is 18.7 Å². The Kier molecular flexibility index (Phi) is 4.52. The minimum atomic E-state index is -0.262. The van der Waals surface area contributed by atoms with Crippen molar-refractivity contribution in [3.05, 3.63) is 35.0 Å². The van der Waals surface area contributed by atoms with Crippen LogP contribution < -0.4 is 5.32 Å². The van der Waals surface area contributed by atoms with Crippen molar-refractivity contribution in [3.8, 4) is 11.3 Å². The molecule has 1 heterocycles. The van der Waals surface area contributed by atoms with E-state index < -0.39 is 0 Å². The maximum atomic E-state index is 13.0. The summed E-state index contributed by atoms with van der Waals surface area (Å²) in [6.45, 7) is 1.96. The van der Waals surface area contributed by atoms with E-state index in [2.05, 4.69) is 10.3 Å². The average Bonchev–Trinajstić information content (AvgIpc) is 3.10. The van der Waals surface area contributed by atoms with Crippen molar-refractivity contribution in [3.63, 3.8) is 0 Å². The van der Waals surface area contributed by atoms with Gasteiger partial charge in [0.25, 0.3) is 0 Å². The molecule has 0 aliphatic heterocycles. The van der Waals surface area contributed by atoms with Crippen molar-refractivity contribution in [2.45, 2.75) is 39.0 Å². The van der Waals surface area contributed by atoms with Gasteiger partial charge in [0.15, 0.2) is 5.13 Å². The van der Waals surface area contributed by atoms with Gasteiger partial charge in [-0.05, 0) is 49.9 Å². The molecule has 1 fully saturated rings. The normalized spacial score (nSPS) is 15.2. The molecule has 0 bridgehead atoms. The molecule has 1 aliphatic rings. The molecule has 1 N–H and O–H groups in total. The summed E-state index contributed by atoms with van der Waals surface area (Å²) in [6.07, 6.45) is 5.38. The van der Waals surface area contributed by atoms with E-state index in [4.69, 9.17) is 0 Å². The number of benzene rings is 1. The predicted molar refractivity (Wildman–Crippen MR) is 87.4 cm³/mol. The number of carbonyl (C=O) groups is 1. The molecule has 3 rings (SSSR count). The number of aromatic nitrogens is 1. The summed E-state index contributed by atoms with van der Waals surface area (Å²) in [5.41, 5.74) is 1.67. The number of thiazole rings is 1. The molecule has 0 atom stereocenters. The van der Waals surface area contributed by atoms with Crippen molar-refractivity contribution in [1.82, 2.24) is 4.98 Å². The lowest BCUT2D eigenvalue weighted by atomic mass is 10.0. The predicted octanol–water partition coefficient (Wildman–Crippen LogP) is 4.78. The first-order valence-corrected chi connectivity index (χ1v) is 8.46. The highest BCUT2D eigenvalue weighted by atomic mass is 32.1. The fourth-order valence-corrected chi connectivity index (χ4v) is 3.82. The first-order chi connectivity index (χ1) is 10.6. The SMILES string of the molecule is Cc1sc(NC(=O)CC2CCCC2)nc1-c1ccc(F)cc1. The largest absolute Gasteiger partial charge is 0.302 e. The smallest absolute Gasteiger partial charge is 0.226 e. The van der Waals surface area contributed by atoms with Crippen LogP contribution in [0.4, 0.5) is 9.52 Å². The number of rotatable bonds is 4. The summed E-state index contributed by atoms with van der Waals surface area (Å²) in [4.78, 5) is 17.6. The molecule has 0 spiro atoms. The molecule has 5 heteroatoms. The van der Waals surface area contributed by atoms with Crippen LogP contribution in [0.2, 0.25) is 0 Å². The Bertz CT molecular complexity index is 660. The van der Waals surface area contributed by atoms with E-state index in [9.17, 15) is 9.18 Å². The van der Waals surface area contributed by atoms with E-state index in [1.807, 2.05) is 6.92 Å². The fourth-order valence-electron chi connectivity index (χ4n) is 2.97. The third kappa shape index (κ3) is 3.53. The van der Waals surface area contributed by atoms with Gasteiger partial charge in [0.2, 0.25) is 5.91 Å². The molecule has 1 aromatic carbocycles. The molecule has 1 aliphatic carbocycles. The number of nitrogens with one attached hydrogen (secondary N) is 1. The molecule has 2 aromatic rings. The van der Waals surface area contributed by atoms with Gasteiger partial charge in [-0.1, -0.05) is 12.8 Å².